The molecule has 6 heteroatoms. The van der Waals surface area contributed by atoms with Gasteiger partial charge in [0.25, 0.3) is 11.8 Å². The van der Waals surface area contributed by atoms with Crippen LogP contribution < -0.4 is 10.6 Å². The van der Waals surface area contributed by atoms with Gasteiger partial charge in [-0.15, -0.1) is 0 Å². The highest BCUT2D eigenvalue weighted by Crippen LogP contribution is 2.31. The van der Waals surface area contributed by atoms with Gasteiger partial charge in [0.2, 0.25) is 0 Å². The Morgan fingerprint density at radius 1 is 0.900 bits per heavy atom. The molecule has 1 unspecified atom stereocenters. The van der Waals surface area contributed by atoms with Crippen molar-refractivity contribution in [1.29, 1.82) is 0 Å². The van der Waals surface area contributed by atoms with Crippen molar-refractivity contribution < 1.29 is 19.1 Å². The van der Waals surface area contributed by atoms with Gasteiger partial charge in [-0.1, -0.05) is 36.4 Å². The molecule has 0 saturated heterocycles. The maximum absolute atomic E-state index is 12.8. The Morgan fingerprint density at radius 3 is 2.43 bits per heavy atom. The lowest BCUT2D eigenvalue weighted by atomic mass is 9.93. The van der Waals surface area contributed by atoms with E-state index in [-0.39, 0.29) is 17.9 Å². The van der Waals surface area contributed by atoms with E-state index in [0.717, 1.165) is 11.1 Å². The maximum atomic E-state index is 12.8. The van der Waals surface area contributed by atoms with Gasteiger partial charge in [-0.05, 0) is 47.5 Å². The molecule has 30 heavy (non-hydrogen) atoms. The van der Waals surface area contributed by atoms with Gasteiger partial charge in [0, 0.05) is 30.3 Å². The smallest absolute Gasteiger partial charge is 0.339 e. The summed E-state index contributed by atoms with van der Waals surface area (Å²) in [5.74, 6) is -0.942. The van der Waals surface area contributed by atoms with Gasteiger partial charge >= 0.3 is 5.97 Å². The fourth-order valence-electron chi connectivity index (χ4n) is 3.48. The fraction of sp³-hybridized carbons (Fsp3) is 0.125. The molecule has 0 bridgehead atoms. The van der Waals surface area contributed by atoms with E-state index >= 15 is 0 Å². The monoisotopic (exact) mass is 400 g/mol. The third-order valence-corrected chi connectivity index (χ3v) is 5.02. The Balaban J connectivity index is 1.56. The molecule has 0 aliphatic carbocycles. The van der Waals surface area contributed by atoms with E-state index in [1.807, 2.05) is 30.3 Å². The summed E-state index contributed by atoms with van der Waals surface area (Å²) in [5, 5.41) is 5.36. The van der Waals surface area contributed by atoms with E-state index in [2.05, 4.69) is 10.6 Å². The van der Waals surface area contributed by atoms with Crippen LogP contribution in [0.3, 0.4) is 0 Å². The topological polar surface area (TPSA) is 84.5 Å². The summed E-state index contributed by atoms with van der Waals surface area (Å²) in [6.07, 6.45) is 0.118. The largest absolute Gasteiger partial charge is 0.454 e. The van der Waals surface area contributed by atoms with E-state index in [0.29, 0.717) is 28.8 Å². The summed E-state index contributed by atoms with van der Waals surface area (Å²) >= 11 is 0. The van der Waals surface area contributed by atoms with E-state index in [1.54, 1.807) is 49.5 Å². The summed E-state index contributed by atoms with van der Waals surface area (Å²) < 4.78 is 5.56. The number of benzene rings is 3. The number of fused-ring (bicyclic) bond motifs is 1. The van der Waals surface area contributed by atoms with Crippen LogP contribution in [-0.2, 0) is 11.2 Å². The molecule has 0 fully saturated rings. The molecule has 0 radical (unpaired) electrons. The second kappa shape index (κ2) is 8.21. The number of ether oxygens (including phenoxy) is 1. The zero-order valence-corrected chi connectivity index (χ0v) is 16.3. The third-order valence-electron chi connectivity index (χ3n) is 5.02. The molecule has 1 aliphatic rings. The first-order chi connectivity index (χ1) is 14.5. The normalized spacial score (nSPS) is 15.0. The summed E-state index contributed by atoms with van der Waals surface area (Å²) in [5.41, 5.74) is 3.56. The van der Waals surface area contributed by atoms with Crippen LogP contribution in [0.25, 0.3) is 0 Å². The molecule has 0 saturated carbocycles. The summed E-state index contributed by atoms with van der Waals surface area (Å²) in [6, 6.07) is 21.2. The van der Waals surface area contributed by atoms with Crippen molar-refractivity contribution in [2.24, 2.45) is 0 Å². The summed E-state index contributed by atoms with van der Waals surface area (Å²) in [6.45, 7) is 0. The Hall–Kier alpha value is -3.93. The number of cyclic esters (lactones) is 1. The van der Waals surface area contributed by atoms with Crippen LogP contribution in [0.2, 0.25) is 0 Å². The molecular formula is C24H20N2O4. The minimum absolute atomic E-state index is 0.231. The zero-order valence-electron chi connectivity index (χ0n) is 16.3. The first-order valence-corrected chi connectivity index (χ1v) is 9.57. The molecule has 3 aromatic carbocycles. The number of nitrogens with one attached hydrogen (secondary N) is 2. The number of rotatable bonds is 4. The first-order valence-electron chi connectivity index (χ1n) is 9.57. The van der Waals surface area contributed by atoms with Crippen molar-refractivity contribution in [2.75, 3.05) is 12.4 Å². The van der Waals surface area contributed by atoms with Gasteiger partial charge < -0.3 is 15.4 Å². The highest BCUT2D eigenvalue weighted by atomic mass is 16.5. The summed E-state index contributed by atoms with van der Waals surface area (Å²) in [7, 11) is 1.55. The van der Waals surface area contributed by atoms with Crippen LogP contribution in [0.5, 0.6) is 0 Å². The minimum Gasteiger partial charge on any atom is -0.454 e. The average Bonchev–Trinajstić information content (AvgIpc) is 2.78. The van der Waals surface area contributed by atoms with Crippen molar-refractivity contribution in [1.82, 2.24) is 5.32 Å². The van der Waals surface area contributed by atoms with Gasteiger partial charge in [0.05, 0.1) is 5.56 Å². The second-order valence-corrected chi connectivity index (χ2v) is 6.99. The SMILES string of the molecule is CNC(=O)c1cccc(NC(=O)c2ccc3c(c2)CC(c2ccccc2)OC3=O)c1. The lowest BCUT2D eigenvalue weighted by Gasteiger charge is -2.25. The molecule has 1 aliphatic heterocycles. The van der Waals surface area contributed by atoms with Crippen LogP contribution in [-0.4, -0.2) is 24.8 Å². The van der Waals surface area contributed by atoms with E-state index in [9.17, 15) is 14.4 Å². The number of carbonyl (C=O) groups excluding carboxylic acids is 3. The number of anilines is 1. The van der Waals surface area contributed by atoms with Crippen LogP contribution in [0.1, 0.15) is 48.3 Å². The highest BCUT2D eigenvalue weighted by Gasteiger charge is 2.28. The van der Waals surface area contributed by atoms with Crippen molar-refractivity contribution >= 4 is 23.5 Å². The van der Waals surface area contributed by atoms with Crippen molar-refractivity contribution in [3.8, 4) is 0 Å². The predicted molar refractivity (Wildman–Crippen MR) is 113 cm³/mol. The number of hydrogen-bond acceptors (Lipinski definition) is 4. The van der Waals surface area contributed by atoms with Gasteiger partial charge in [-0.3, -0.25) is 9.59 Å². The van der Waals surface area contributed by atoms with Crippen LogP contribution in [0, 0.1) is 0 Å². The Labute approximate surface area is 173 Å². The molecule has 4 rings (SSSR count). The third kappa shape index (κ3) is 3.93. The molecule has 6 nitrogen and oxygen atoms in total. The molecule has 2 amide bonds. The minimum atomic E-state index is -0.393. The quantitative estimate of drug-likeness (QED) is 0.653. The lowest BCUT2D eigenvalue weighted by Crippen LogP contribution is -2.23. The number of carbonyl (C=O) groups is 3. The average molecular weight is 400 g/mol. The molecule has 2 N–H and O–H groups in total. The first kappa shape index (κ1) is 19.4. The van der Waals surface area contributed by atoms with Gasteiger partial charge in [-0.25, -0.2) is 4.79 Å². The molecule has 150 valence electrons. The van der Waals surface area contributed by atoms with Gasteiger partial charge in [-0.2, -0.15) is 0 Å². The molecule has 1 atom stereocenters. The van der Waals surface area contributed by atoms with Crippen molar-refractivity contribution in [3.05, 3.63) is 101 Å². The van der Waals surface area contributed by atoms with Gasteiger partial charge in [0.15, 0.2) is 0 Å². The van der Waals surface area contributed by atoms with Crippen molar-refractivity contribution in [3.63, 3.8) is 0 Å². The number of amides is 2. The number of hydrogen-bond donors (Lipinski definition) is 2. The number of esters is 1. The van der Waals surface area contributed by atoms with Gasteiger partial charge in [0.1, 0.15) is 6.10 Å². The Bertz CT molecular complexity index is 1130. The van der Waals surface area contributed by atoms with Crippen molar-refractivity contribution in [2.45, 2.75) is 12.5 Å². The standard InChI is InChI=1S/C24H20N2O4/c1-25-22(27)16-8-5-9-19(13-16)26-23(28)17-10-11-20-18(12-17)14-21(30-24(20)29)15-6-3-2-4-7-15/h2-13,21H,14H2,1H3,(H,25,27)(H,26,28). The second-order valence-electron chi connectivity index (χ2n) is 6.99. The Kier molecular flexibility index (Phi) is 5.30. The van der Waals surface area contributed by atoms with Crippen LogP contribution in [0.4, 0.5) is 5.69 Å². The van der Waals surface area contributed by atoms with E-state index < -0.39 is 5.97 Å². The van der Waals surface area contributed by atoms with E-state index in [1.165, 1.54) is 0 Å². The molecule has 1 heterocycles. The Morgan fingerprint density at radius 2 is 1.67 bits per heavy atom. The zero-order chi connectivity index (χ0) is 21.1. The van der Waals surface area contributed by atoms with E-state index in [4.69, 9.17) is 4.74 Å². The maximum Gasteiger partial charge on any atom is 0.339 e. The molecule has 3 aromatic rings. The molecular weight excluding hydrogens is 380 g/mol. The molecule has 0 spiro atoms. The van der Waals surface area contributed by atoms with Crippen LogP contribution >= 0.6 is 0 Å². The lowest BCUT2D eigenvalue weighted by molar-refractivity contribution is 0.0252. The fourth-order valence-corrected chi connectivity index (χ4v) is 3.48. The highest BCUT2D eigenvalue weighted by molar-refractivity contribution is 6.06. The predicted octanol–water partition coefficient (Wildman–Crippen LogP) is 3.75. The molecule has 0 aromatic heterocycles. The summed E-state index contributed by atoms with van der Waals surface area (Å²) in [4.78, 5) is 37.0. The van der Waals surface area contributed by atoms with Crippen LogP contribution in [0.15, 0.2) is 72.8 Å².